The average Bonchev–Trinajstić information content (AvgIpc) is 2.74. The molecule has 96 valence electrons. The minimum Gasteiger partial charge on any atom is -0.331 e. The van der Waals surface area contributed by atoms with E-state index in [1.54, 1.807) is 6.07 Å². The second-order valence-electron chi connectivity index (χ2n) is 3.88. The summed E-state index contributed by atoms with van der Waals surface area (Å²) < 4.78 is 14.9. The average molecular weight is 405 g/mol. The fraction of sp³-hybridized carbons (Fsp3) is 0. The molecule has 0 saturated carbocycles. The molecule has 0 fully saturated rings. The van der Waals surface area contributed by atoms with Crippen molar-refractivity contribution in [3.63, 3.8) is 0 Å². The Morgan fingerprint density at radius 3 is 2.84 bits per heavy atom. The van der Waals surface area contributed by atoms with Crippen LogP contribution in [0.1, 0.15) is 0 Å². The highest BCUT2D eigenvalue weighted by Gasteiger charge is 2.07. The molecular weight excluding hydrogens is 398 g/mol. The molecule has 0 bridgehead atoms. The molecule has 0 radical (unpaired) electrons. The summed E-state index contributed by atoms with van der Waals surface area (Å²) in [5, 5.41) is 4.63. The number of benzene rings is 2. The maximum Gasteiger partial charge on any atom is 0.188 e. The van der Waals surface area contributed by atoms with E-state index in [1.807, 2.05) is 18.2 Å². The van der Waals surface area contributed by atoms with Gasteiger partial charge in [0.1, 0.15) is 5.82 Å². The molecule has 0 atom stereocenters. The third kappa shape index (κ3) is 2.82. The van der Waals surface area contributed by atoms with Crippen molar-refractivity contribution in [2.45, 2.75) is 0 Å². The molecule has 1 N–H and O–H groups in total. The molecule has 0 aliphatic heterocycles. The molecule has 0 spiro atoms. The van der Waals surface area contributed by atoms with Gasteiger partial charge in [0.2, 0.25) is 0 Å². The van der Waals surface area contributed by atoms with Gasteiger partial charge in [-0.05, 0) is 59.0 Å². The van der Waals surface area contributed by atoms with Crippen molar-refractivity contribution in [1.82, 2.24) is 4.98 Å². The summed E-state index contributed by atoms with van der Waals surface area (Å²) >= 11 is 9.56. The van der Waals surface area contributed by atoms with Crippen molar-refractivity contribution in [2.24, 2.45) is 0 Å². The molecule has 6 heteroatoms. The lowest BCUT2D eigenvalue weighted by molar-refractivity contribution is 0.627. The number of halogens is 3. The van der Waals surface area contributed by atoms with Gasteiger partial charge in [0.25, 0.3) is 0 Å². The highest BCUT2D eigenvalue weighted by atomic mass is 127. The first kappa shape index (κ1) is 13.1. The van der Waals surface area contributed by atoms with Crippen LogP contribution in [0.4, 0.5) is 15.2 Å². The summed E-state index contributed by atoms with van der Waals surface area (Å²) in [6.45, 7) is 0. The molecule has 0 aliphatic carbocycles. The van der Waals surface area contributed by atoms with E-state index in [4.69, 9.17) is 11.6 Å². The van der Waals surface area contributed by atoms with Crippen LogP contribution in [0.2, 0.25) is 5.02 Å². The lowest BCUT2D eigenvalue weighted by Gasteiger charge is -2.04. The zero-order valence-electron chi connectivity index (χ0n) is 9.45. The summed E-state index contributed by atoms with van der Waals surface area (Å²) in [5.41, 5.74) is 1.70. The van der Waals surface area contributed by atoms with E-state index in [1.165, 1.54) is 23.5 Å². The predicted octanol–water partition coefficient (Wildman–Crippen LogP) is 5.44. The first-order chi connectivity index (χ1) is 9.11. The minimum absolute atomic E-state index is 0.244. The number of fused-ring (bicyclic) bond motifs is 1. The molecule has 2 nitrogen and oxygen atoms in total. The third-order valence-corrected chi connectivity index (χ3v) is 4.60. The Labute approximate surface area is 131 Å². The maximum atomic E-state index is 13.0. The standard InChI is InChI=1S/C13H7ClFIN2S/c14-7-1-4-12-11(5-7)18-13(19-12)17-10-3-2-8(15)6-9(10)16/h1-6H,(H,17,18). The van der Waals surface area contributed by atoms with Crippen LogP contribution in [-0.4, -0.2) is 4.98 Å². The number of rotatable bonds is 2. The van der Waals surface area contributed by atoms with Gasteiger partial charge in [-0.2, -0.15) is 0 Å². The zero-order valence-corrected chi connectivity index (χ0v) is 13.2. The van der Waals surface area contributed by atoms with Crippen LogP contribution in [0.5, 0.6) is 0 Å². The molecule has 19 heavy (non-hydrogen) atoms. The van der Waals surface area contributed by atoms with E-state index in [0.29, 0.717) is 5.02 Å². The number of thiazole rings is 1. The molecule has 0 unspecified atom stereocenters. The van der Waals surface area contributed by atoms with Gasteiger partial charge in [0.15, 0.2) is 5.13 Å². The normalized spacial score (nSPS) is 10.9. The van der Waals surface area contributed by atoms with Gasteiger partial charge in [-0.25, -0.2) is 9.37 Å². The Morgan fingerprint density at radius 2 is 2.05 bits per heavy atom. The van der Waals surface area contributed by atoms with E-state index in [9.17, 15) is 4.39 Å². The SMILES string of the molecule is Fc1ccc(Nc2nc3cc(Cl)ccc3s2)c(I)c1. The quantitative estimate of drug-likeness (QED) is 0.576. The first-order valence-corrected chi connectivity index (χ1v) is 7.67. The molecule has 3 aromatic rings. The highest BCUT2D eigenvalue weighted by molar-refractivity contribution is 14.1. The monoisotopic (exact) mass is 404 g/mol. The molecule has 1 aromatic heterocycles. The summed E-state index contributed by atoms with van der Waals surface area (Å²) in [6, 6.07) is 10.2. The fourth-order valence-corrected chi connectivity index (χ4v) is 3.30. The fourth-order valence-electron chi connectivity index (χ4n) is 1.66. The summed E-state index contributed by atoms with van der Waals surface area (Å²) in [4.78, 5) is 4.46. The highest BCUT2D eigenvalue weighted by Crippen LogP contribution is 2.31. The molecule has 1 heterocycles. The van der Waals surface area contributed by atoms with Crippen LogP contribution in [0.15, 0.2) is 36.4 Å². The van der Waals surface area contributed by atoms with Crippen LogP contribution in [0.3, 0.4) is 0 Å². The summed E-state index contributed by atoms with van der Waals surface area (Å²) in [7, 11) is 0. The summed E-state index contributed by atoms with van der Waals surface area (Å²) in [5.74, 6) is -0.244. The van der Waals surface area contributed by atoms with Crippen molar-refractivity contribution < 1.29 is 4.39 Å². The number of hydrogen-bond donors (Lipinski definition) is 1. The van der Waals surface area contributed by atoms with E-state index >= 15 is 0 Å². The topological polar surface area (TPSA) is 24.9 Å². The molecule has 2 aromatic carbocycles. The Morgan fingerprint density at radius 1 is 1.21 bits per heavy atom. The lowest BCUT2D eigenvalue weighted by Crippen LogP contribution is -1.92. The number of aromatic nitrogens is 1. The Balaban J connectivity index is 1.96. The first-order valence-electron chi connectivity index (χ1n) is 5.40. The molecular formula is C13H7ClFIN2S. The van der Waals surface area contributed by atoms with Crippen LogP contribution >= 0.6 is 45.5 Å². The van der Waals surface area contributed by atoms with Crippen molar-refractivity contribution in [1.29, 1.82) is 0 Å². The smallest absolute Gasteiger partial charge is 0.188 e. The van der Waals surface area contributed by atoms with Gasteiger partial charge in [-0.3, -0.25) is 0 Å². The second-order valence-corrected chi connectivity index (χ2v) is 6.51. The van der Waals surface area contributed by atoms with Gasteiger partial charge in [0, 0.05) is 8.59 Å². The van der Waals surface area contributed by atoms with E-state index in [2.05, 4.69) is 32.9 Å². The van der Waals surface area contributed by atoms with Crippen molar-refractivity contribution in [2.75, 3.05) is 5.32 Å². The third-order valence-electron chi connectivity index (χ3n) is 2.52. The van der Waals surface area contributed by atoms with Crippen molar-refractivity contribution >= 4 is 66.6 Å². The van der Waals surface area contributed by atoms with Gasteiger partial charge < -0.3 is 5.32 Å². The van der Waals surface area contributed by atoms with Crippen LogP contribution in [-0.2, 0) is 0 Å². The number of nitrogens with one attached hydrogen (secondary N) is 1. The predicted molar refractivity (Wildman–Crippen MR) is 87.0 cm³/mol. The van der Waals surface area contributed by atoms with E-state index < -0.39 is 0 Å². The molecule has 3 rings (SSSR count). The Hall–Kier alpha value is -0.920. The zero-order chi connectivity index (χ0) is 13.4. The van der Waals surface area contributed by atoms with Crippen molar-refractivity contribution in [3.8, 4) is 0 Å². The van der Waals surface area contributed by atoms with Crippen LogP contribution < -0.4 is 5.32 Å². The van der Waals surface area contributed by atoms with Gasteiger partial charge in [-0.15, -0.1) is 0 Å². The Kier molecular flexibility index (Phi) is 3.60. The number of hydrogen-bond acceptors (Lipinski definition) is 3. The minimum atomic E-state index is -0.244. The molecule has 0 saturated heterocycles. The van der Waals surface area contributed by atoms with Gasteiger partial charge in [0.05, 0.1) is 15.9 Å². The van der Waals surface area contributed by atoms with Crippen molar-refractivity contribution in [3.05, 3.63) is 50.8 Å². The molecule has 0 aliphatic rings. The number of anilines is 2. The van der Waals surface area contributed by atoms with Gasteiger partial charge >= 0.3 is 0 Å². The van der Waals surface area contributed by atoms with E-state index in [0.717, 1.165) is 24.6 Å². The number of nitrogens with zero attached hydrogens (tertiary/aromatic N) is 1. The lowest BCUT2D eigenvalue weighted by atomic mass is 10.3. The van der Waals surface area contributed by atoms with Crippen LogP contribution in [0, 0.1) is 9.39 Å². The molecule has 0 amide bonds. The largest absolute Gasteiger partial charge is 0.331 e. The van der Waals surface area contributed by atoms with E-state index in [-0.39, 0.29) is 5.82 Å². The Bertz CT molecular complexity index is 759. The van der Waals surface area contributed by atoms with Gasteiger partial charge in [-0.1, -0.05) is 22.9 Å². The second kappa shape index (κ2) is 5.22. The summed E-state index contributed by atoms with van der Waals surface area (Å²) in [6.07, 6.45) is 0. The maximum absolute atomic E-state index is 13.0. The van der Waals surface area contributed by atoms with Crippen LogP contribution in [0.25, 0.3) is 10.2 Å².